The third-order valence-electron chi connectivity index (χ3n) is 4.80. The second-order valence-corrected chi connectivity index (χ2v) is 6.64. The number of aromatic nitrogens is 1. The molecule has 0 saturated heterocycles. The number of benzene rings is 3. The Morgan fingerprint density at radius 3 is 2.39 bits per heavy atom. The standard InChI is InChI=1S/C25H21NO2/c1-28-22-14-11-20(12-15-22)25(27)16-13-21-18-26(17-19-7-3-2-4-8-19)24-10-6-5-9-23(21)24/h2-16,18H,17H2,1H3. The number of carbonyl (C=O) groups is 1. The number of fused-ring (bicyclic) bond motifs is 1. The summed E-state index contributed by atoms with van der Waals surface area (Å²) in [5.74, 6) is 0.715. The molecule has 0 radical (unpaired) electrons. The van der Waals surface area contributed by atoms with Gasteiger partial charge in [-0.1, -0.05) is 48.5 Å². The lowest BCUT2D eigenvalue weighted by Crippen LogP contribution is -1.97. The van der Waals surface area contributed by atoms with E-state index in [0.717, 1.165) is 28.8 Å². The van der Waals surface area contributed by atoms with Crippen LogP contribution in [-0.4, -0.2) is 17.5 Å². The molecule has 1 aromatic heterocycles. The molecule has 3 aromatic carbocycles. The molecular weight excluding hydrogens is 346 g/mol. The van der Waals surface area contributed by atoms with Gasteiger partial charge in [-0.05, 0) is 48.0 Å². The van der Waals surface area contributed by atoms with Crippen molar-refractivity contribution < 1.29 is 9.53 Å². The van der Waals surface area contributed by atoms with Gasteiger partial charge in [0, 0.05) is 34.8 Å². The van der Waals surface area contributed by atoms with Crippen molar-refractivity contribution in [3.63, 3.8) is 0 Å². The molecule has 0 N–H and O–H groups in total. The fraction of sp³-hybridized carbons (Fsp3) is 0.0800. The third kappa shape index (κ3) is 3.74. The van der Waals surface area contributed by atoms with Crippen LogP contribution in [0.1, 0.15) is 21.5 Å². The highest BCUT2D eigenvalue weighted by atomic mass is 16.5. The number of para-hydroxylation sites is 1. The number of rotatable bonds is 6. The zero-order valence-electron chi connectivity index (χ0n) is 15.7. The van der Waals surface area contributed by atoms with Crippen LogP contribution in [0, 0.1) is 0 Å². The summed E-state index contributed by atoms with van der Waals surface area (Å²) in [7, 11) is 1.61. The Labute approximate surface area is 164 Å². The Bertz CT molecular complexity index is 1120. The molecule has 0 amide bonds. The van der Waals surface area contributed by atoms with Gasteiger partial charge >= 0.3 is 0 Å². The van der Waals surface area contributed by atoms with Crippen molar-refractivity contribution in [2.45, 2.75) is 6.54 Å². The molecule has 4 aromatic rings. The summed E-state index contributed by atoms with van der Waals surface area (Å²) in [6.45, 7) is 0.793. The van der Waals surface area contributed by atoms with E-state index >= 15 is 0 Å². The maximum absolute atomic E-state index is 12.5. The molecule has 3 nitrogen and oxygen atoms in total. The van der Waals surface area contributed by atoms with Gasteiger partial charge in [-0.3, -0.25) is 4.79 Å². The number of hydrogen-bond donors (Lipinski definition) is 0. The summed E-state index contributed by atoms with van der Waals surface area (Å²) in [5.41, 5.74) is 4.08. The molecular formula is C25H21NO2. The molecule has 0 atom stereocenters. The molecule has 0 saturated carbocycles. The zero-order chi connectivity index (χ0) is 19.3. The van der Waals surface area contributed by atoms with Crippen molar-refractivity contribution in [2.75, 3.05) is 7.11 Å². The Morgan fingerprint density at radius 2 is 1.64 bits per heavy atom. The van der Waals surface area contributed by atoms with E-state index in [-0.39, 0.29) is 5.78 Å². The van der Waals surface area contributed by atoms with Crippen molar-refractivity contribution >= 4 is 22.8 Å². The van der Waals surface area contributed by atoms with Gasteiger partial charge in [0.1, 0.15) is 5.75 Å². The molecule has 0 spiro atoms. The maximum atomic E-state index is 12.5. The van der Waals surface area contributed by atoms with Crippen LogP contribution in [0.4, 0.5) is 0 Å². The minimum absolute atomic E-state index is 0.0254. The van der Waals surface area contributed by atoms with Crippen LogP contribution in [0.3, 0.4) is 0 Å². The number of hydrogen-bond acceptors (Lipinski definition) is 2. The summed E-state index contributed by atoms with van der Waals surface area (Å²) in [5, 5.41) is 1.14. The third-order valence-corrected chi connectivity index (χ3v) is 4.80. The van der Waals surface area contributed by atoms with Crippen molar-refractivity contribution in [3.8, 4) is 5.75 Å². The molecule has 0 aliphatic carbocycles. The van der Waals surface area contributed by atoms with Gasteiger partial charge in [-0.25, -0.2) is 0 Å². The SMILES string of the molecule is COc1ccc(C(=O)C=Cc2cn(Cc3ccccc3)c3ccccc23)cc1. The summed E-state index contributed by atoms with van der Waals surface area (Å²) >= 11 is 0. The number of allylic oxidation sites excluding steroid dienone is 1. The molecule has 0 unspecified atom stereocenters. The number of nitrogens with zero attached hydrogens (tertiary/aromatic N) is 1. The van der Waals surface area contributed by atoms with E-state index in [4.69, 9.17) is 4.74 Å². The molecule has 0 aliphatic heterocycles. The smallest absolute Gasteiger partial charge is 0.185 e. The van der Waals surface area contributed by atoms with E-state index in [2.05, 4.69) is 47.2 Å². The highest BCUT2D eigenvalue weighted by Gasteiger charge is 2.08. The summed E-state index contributed by atoms with van der Waals surface area (Å²) in [6.07, 6.45) is 5.64. The Hall–Kier alpha value is -3.59. The van der Waals surface area contributed by atoms with Crippen LogP contribution < -0.4 is 4.74 Å². The van der Waals surface area contributed by atoms with E-state index in [1.165, 1.54) is 5.56 Å². The van der Waals surface area contributed by atoms with Gasteiger partial charge < -0.3 is 9.30 Å². The van der Waals surface area contributed by atoms with E-state index < -0.39 is 0 Å². The van der Waals surface area contributed by atoms with E-state index in [9.17, 15) is 4.79 Å². The highest BCUT2D eigenvalue weighted by molar-refractivity contribution is 6.07. The molecule has 3 heteroatoms. The predicted octanol–water partition coefficient (Wildman–Crippen LogP) is 5.59. The molecule has 28 heavy (non-hydrogen) atoms. The van der Waals surface area contributed by atoms with Crippen LogP contribution >= 0.6 is 0 Å². The molecule has 1 heterocycles. The van der Waals surface area contributed by atoms with Crippen molar-refractivity contribution in [2.24, 2.45) is 0 Å². The average molecular weight is 367 g/mol. The second-order valence-electron chi connectivity index (χ2n) is 6.64. The van der Waals surface area contributed by atoms with Gasteiger partial charge in [0.05, 0.1) is 7.11 Å². The molecule has 4 rings (SSSR count). The van der Waals surface area contributed by atoms with Crippen molar-refractivity contribution in [1.82, 2.24) is 4.57 Å². The molecule has 0 fully saturated rings. The number of methoxy groups -OCH3 is 1. The van der Waals surface area contributed by atoms with Gasteiger partial charge in [-0.15, -0.1) is 0 Å². The minimum Gasteiger partial charge on any atom is -0.497 e. The van der Waals surface area contributed by atoms with Gasteiger partial charge in [0.15, 0.2) is 5.78 Å². The maximum Gasteiger partial charge on any atom is 0.185 e. The summed E-state index contributed by atoms with van der Waals surface area (Å²) in [4.78, 5) is 12.5. The van der Waals surface area contributed by atoms with Crippen molar-refractivity contribution in [3.05, 3.63) is 108 Å². The molecule has 0 bridgehead atoms. The Kier molecular flexibility index (Phi) is 5.07. The number of carbonyl (C=O) groups excluding carboxylic acids is 1. The largest absolute Gasteiger partial charge is 0.497 e. The summed E-state index contributed by atoms with van der Waals surface area (Å²) in [6, 6.07) is 25.8. The van der Waals surface area contributed by atoms with Crippen LogP contribution in [0.25, 0.3) is 17.0 Å². The quantitative estimate of drug-likeness (QED) is 0.328. The van der Waals surface area contributed by atoms with Gasteiger partial charge in [-0.2, -0.15) is 0 Å². The fourth-order valence-corrected chi connectivity index (χ4v) is 3.34. The Balaban J connectivity index is 1.63. The van der Waals surface area contributed by atoms with Gasteiger partial charge in [0.25, 0.3) is 0 Å². The van der Waals surface area contributed by atoms with Crippen LogP contribution in [-0.2, 0) is 6.54 Å². The second kappa shape index (κ2) is 7.97. The highest BCUT2D eigenvalue weighted by Crippen LogP contribution is 2.24. The zero-order valence-corrected chi connectivity index (χ0v) is 15.7. The lowest BCUT2D eigenvalue weighted by atomic mass is 10.1. The van der Waals surface area contributed by atoms with E-state index in [1.54, 1.807) is 37.5 Å². The fourth-order valence-electron chi connectivity index (χ4n) is 3.34. The van der Waals surface area contributed by atoms with Gasteiger partial charge in [0.2, 0.25) is 0 Å². The number of ketones is 1. The first-order valence-electron chi connectivity index (χ1n) is 9.23. The summed E-state index contributed by atoms with van der Waals surface area (Å²) < 4.78 is 7.37. The minimum atomic E-state index is -0.0254. The first-order chi connectivity index (χ1) is 13.7. The van der Waals surface area contributed by atoms with Crippen LogP contribution in [0.5, 0.6) is 5.75 Å². The monoisotopic (exact) mass is 367 g/mol. The Morgan fingerprint density at radius 1 is 0.929 bits per heavy atom. The van der Waals surface area contributed by atoms with Crippen LogP contribution in [0.2, 0.25) is 0 Å². The normalized spacial score (nSPS) is 11.2. The first-order valence-corrected chi connectivity index (χ1v) is 9.23. The molecule has 138 valence electrons. The van der Waals surface area contributed by atoms with E-state index in [1.807, 2.05) is 24.3 Å². The van der Waals surface area contributed by atoms with Crippen LogP contribution in [0.15, 0.2) is 91.1 Å². The lowest BCUT2D eigenvalue weighted by Gasteiger charge is -2.05. The lowest BCUT2D eigenvalue weighted by molar-refractivity contribution is 0.104. The average Bonchev–Trinajstić information content (AvgIpc) is 3.10. The van der Waals surface area contributed by atoms with Crippen molar-refractivity contribution in [1.29, 1.82) is 0 Å². The van der Waals surface area contributed by atoms with E-state index in [0.29, 0.717) is 5.56 Å². The predicted molar refractivity (Wildman–Crippen MR) is 114 cm³/mol. The number of ether oxygens (including phenoxy) is 1. The first kappa shape index (κ1) is 17.8. The molecule has 0 aliphatic rings. The topological polar surface area (TPSA) is 31.2 Å².